The Hall–Kier alpha value is -1.81. The van der Waals surface area contributed by atoms with Crippen LogP contribution in [0.25, 0.3) is 10.9 Å². The van der Waals surface area contributed by atoms with Crippen LogP contribution < -0.4 is 5.32 Å². The molecule has 0 fully saturated rings. The SMILES string of the molecule is CNCC(=O)N1CCc2c([nH]c3ccccc23)C1CC(C)C. The minimum absolute atomic E-state index is 0.164. The average Bonchev–Trinajstić information content (AvgIpc) is 2.86. The maximum Gasteiger partial charge on any atom is 0.237 e. The Morgan fingerprint density at radius 2 is 2.18 bits per heavy atom. The molecule has 4 nitrogen and oxygen atoms in total. The van der Waals surface area contributed by atoms with E-state index in [0.29, 0.717) is 12.5 Å². The van der Waals surface area contributed by atoms with Crippen LogP contribution >= 0.6 is 0 Å². The molecule has 0 spiro atoms. The number of para-hydroxylation sites is 1. The van der Waals surface area contributed by atoms with Crippen molar-refractivity contribution in [3.63, 3.8) is 0 Å². The average molecular weight is 299 g/mol. The molecule has 0 bridgehead atoms. The molecule has 3 rings (SSSR count). The molecule has 0 saturated carbocycles. The summed E-state index contributed by atoms with van der Waals surface area (Å²) < 4.78 is 0. The molecule has 2 heterocycles. The van der Waals surface area contributed by atoms with Crippen molar-refractivity contribution in [1.29, 1.82) is 0 Å². The first-order chi connectivity index (χ1) is 10.6. The number of likely N-dealkylation sites (N-methyl/N-ethyl adjacent to an activating group) is 1. The molecule has 2 aromatic rings. The molecule has 1 aromatic heterocycles. The van der Waals surface area contributed by atoms with Crippen LogP contribution in [-0.2, 0) is 11.2 Å². The van der Waals surface area contributed by atoms with Crippen molar-refractivity contribution in [2.24, 2.45) is 5.92 Å². The molecule has 4 heteroatoms. The van der Waals surface area contributed by atoms with Gasteiger partial charge in [0.2, 0.25) is 5.91 Å². The number of carbonyl (C=O) groups excluding carboxylic acids is 1. The molecule has 1 unspecified atom stereocenters. The molecular weight excluding hydrogens is 274 g/mol. The number of aromatic amines is 1. The maximum atomic E-state index is 12.5. The molecule has 0 saturated heterocycles. The third-order valence-corrected chi connectivity index (χ3v) is 4.50. The van der Waals surface area contributed by atoms with Gasteiger partial charge in [0.15, 0.2) is 0 Å². The Morgan fingerprint density at radius 1 is 1.41 bits per heavy atom. The molecular formula is C18H25N3O. The largest absolute Gasteiger partial charge is 0.356 e. The van der Waals surface area contributed by atoms with Gasteiger partial charge in [0.05, 0.1) is 12.6 Å². The smallest absolute Gasteiger partial charge is 0.237 e. The lowest BCUT2D eigenvalue weighted by atomic mass is 9.91. The van der Waals surface area contributed by atoms with Gasteiger partial charge < -0.3 is 15.2 Å². The minimum Gasteiger partial charge on any atom is -0.356 e. The summed E-state index contributed by atoms with van der Waals surface area (Å²) in [6.45, 7) is 5.66. The molecule has 22 heavy (non-hydrogen) atoms. The number of amides is 1. The van der Waals surface area contributed by atoms with Crippen LogP contribution in [0.1, 0.15) is 37.6 Å². The van der Waals surface area contributed by atoms with Crippen molar-refractivity contribution in [3.8, 4) is 0 Å². The fraction of sp³-hybridized carbons (Fsp3) is 0.500. The molecule has 1 atom stereocenters. The van der Waals surface area contributed by atoms with E-state index < -0.39 is 0 Å². The van der Waals surface area contributed by atoms with Crippen LogP contribution in [-0.4, -0.2) is 35.9 Å². The summed E-state index contributed by atoms with van der Waals surface area (Å²) in [5.41, 5.74) is 3.82. The van der Waals surface area contributed by atoms with E-state index in [1.807, 2.05) is 11.9 Å². The van der Waals surface area contributed by atoms with E-state index in [1.54, 1.807) is 0 Å². The quantitative estimate of drug-likeness (QED) is 0.912. The van der Waals surface area contributed by atoms with E-state index in [9.17, 15) is 4.79 Å². The van der Waals surface area contributed by atoms with Crippen LogP contribution in [0.4, 0.5) is 0 Å². The van der Waals surface area contributed by atoms with Crippen LogP contribution in [0.2, 0.25) is 0 Å². The highest BCUT2D eigenvalue weighted by atomic mass is 16.2. The zero-order chi connectivity index (χ0) is 15.7. The number of nitrogens with one attached hydrogen (secondary N) is 2. The molecule has 118 valence electrons. The van der Waals surface area contributed by atoms with Gasteiger partial charge in [-0.1, -0.05) is 32.0 Å². The number of H-pyrrole nitrogens is 1. The summed E-state index contributed by atoms with van der Waals surface area (Å²) >= 11 is 0. The highest BCUT2D eigenvalue weighted by Crippen LogP contribution is 2.37. The van der Waals surface area contributed by atoms with Gasteiger partial charge in [-0.3, -0.25) is 4.79 Å². The summed E-state index contributed by atoms with van der Waals surface area (Å²) in [4.78, 5) is 18.1. The van der Waals surface area contributed by atoms with Gasteiger partial charge in [0, 0.05) is 23.1 Å². The van der Waals surface area contributed by atoms with Gasteiger partial charge in [-0.2, -0.15) is 0 Å². The number of hydrogen-bond donors (Lipinski definition) is 2. The lowest BCUT2D eigenvalue weighted by Gasteiger charge is -2.37. The third kappa shape index (κ3) is 2.63. The molecule has 2 N–H and O–H groups in total. The molecule has 0 radical (unpaired) electrons. The van der Waals surface area contributed by atoms with E-state index in [-0.39, 0.29) is 11.9 Å². The summed E-state index contributed by atoms with van der Waals surface area (Å²) in [6.07, 6.45) is 1.93. The first-order valence-electron chi connectivity index (χ1n) is 8.15. The number of carbonyl (C=O) groups is 1. The fourth-order valence-corrected chi connectivity index (χ4v) is 3.56. The van der Waals surface area contributed by atoms with E-state index in [1.165, 1.54) is 22.2 Å². The summed E-state index contributed by atoms with van der Waals surface area (Å²) in [7, 11) is 1.83. The van der Waals surface area contributed by atoms with Crippen LogP contribution in [0, 0.1) is 5.92 Å². The third-order valence-electron chi connectivity index (χ3n) is 4.50. The Labute approximate surface area is 131 Å². The van der Waals surface area contributed by atoms with E-state index >= 15 is 0 Å². The molecule has 1 aromatic carbocycles. The molecule has 0 aliphatic carbocycles. The van der Waals surface area contributed by atoms with Crippen LogP contribution in [0.3, 0.4) is 0 Å². The lowest BCUT2D eigenvalue weighted by Crippen LogP contribution is -2.44. The summed E-state index contributed by atoms with van der Waals surface area (Å²) in [5, 5.41) is 4.30. The van der Waals surface area contributed by atoms with Crippen molar-refractivity contribution < 1.29 is 4.79 Å². The van der Waals surface area contributed by atoms with E-state index in [0.717, 1.165) is 19.4 Å². The van der Waals surface area contributed by atoms with Gasteiger partial charge in [-0.05, 0) is 37.4 Å². The number of rotatable bonds is 4. The zero-order valence-corrected chi connectivity index (χ0v) is 13.6. The predicted octanol–water partition coefficient (Wildman–Crippen LogP) is 2.86. The Kier molecular flexibility index (Phi) is 4.21. The highest BCUT2D eigenvalue weighted by molar-refractivity contribution is 5.86. The number of nitrogens with zero attached hydrogens (tertiary/aromatic N) is 1. The van der Waals surface area contributed by atoms with Crippen molar-refractivity contribution in [3.05, 3.63) is 35.5 Å². The summed E-state index contributed by atoms with van der Waals surface area (Å²) in [6, 6.07) is 8.62. The summed E-state index contributed by atoms with van der Waals surface area (Å²) in [5.74, 6) is 0.740. The first-order valence-corrected chi connectivity index (χ1v) is 8.15. The number of fused-ring (bicyclic) bond motifs is 3. The van der Waals surface area contributed by atoms with Crippen molar-refractivity contribution in [2.45, 2.75) is 32.7 Å². The Bertz CT molecular complexity index is 674. The van der Waals surface area contributed by atoms with Crippen LogP contribution in [0.15, 0.2) is 24.3 Å². The van der Waals surface area contributed by atoms with Crippen molar-refractivity contribution in [2.75, 3.05) is 20.1 Å². The monoisotopic (exact) mass is 299 g/mol. The van der Waals surface area contributed by atoms with Crippen molar-refractivity contribution >= 4 is 16.8 Å². The van der Waals surface area contributed by atoms with Gasteiger partial charge in [-0.25, -0.2) is 0 Å². The normalized spacial score (nSPS) is 18.0. The second-order valence-electron chi connectivity index (χ2n) is 6.58. The molecule has 1 aliphatic heterocycles. The van der Waals surface area contributed by atoms with Gasteiger partial charge in [0.25, 0.3) is 0 Å². The maximum absolute atomic E-state index is 12.5. The van der Waals surface area contributed by atoms with Crippen LogP contribution in [0.5, 0.6) is 0 Å². The van der Waals surface area contributed by atoms with E-state index in [2.05, 4.69) is 48.4 Å². The number of aromatic nitrogens is 1. The standard InChI is InChI=1S/C18H25N3O/c1-12(2)10-16-18-14(8-9-21(16)17(22)11-19-3)13-6-4-5-7-15(13)20-18/h4-7,12,16,19-20H,8-11H2,1-3H3. The van der Waals surface area contributed by atoms with Gasteiger partial charge >= 0.3 is 0 Å². The number of hydrogen-bond acceptors (Lipinski definition) is 2. The number of benzene rings is 1. The predicted molar refractivity (Wildman–Crippen MR) is 89.8 cm³/mol. The first kappa shape index (κ1) is 15.1. The second-order valence-corrected chi connectivity index (χ2v) is 6.58. The van der Waals surface area contributed by atoms with E-state index in [4.69, 9.17) is 0 Å². The highest BCUT2D eigenvalue weighted by Gasteiger charge is 2.33. The fourth-order valence-electron chi connectivity index (χ4n) is 3.56. The lowest BCUT2D eigenvalue weighted by molar-refractivity contribution is -0.133. The zero-order valence-electron chi connectivity index (χ0n) is 13.6. The second kappa shape index (κ2) is 6.13. The van der Waals surface area contributed by atoms with Gasteiger partial charge in [-0.15, -0.1) is 0 Å². The van der Waals surface area contributed by atoms with Crippen molar-refractivity contribution in [1.82, 2.24) is 15.2 Å². The van der Waals surface area contributed by atoms with Gasteiger partial charge in [0.1, 0.15) is 0 Å². The minimum atomic E-state index is 0.164. The molecule has 1 aliphatic rings. The molecule has 1 amide bonds. The topological polar surface area (TPSA) is 48.1 Å². The Balaban J connectivity index is 2.03. The Morgan fingerprint density at radius 3 is 2.91 bits per heavy atom.